The van der Waals surface area contributed by atoms with Gasteiger partial charge in [-0.3, -0.25) is 9.59 Å². The average Bonchev–Trinajstić information content (AvgIpc) is 3.36. The number of fused-ring (bicyclic) bond motifs is 1. The molecule has 0 spiro atoms. The maximum atomic E-state index is 12.8. The minimum absolute atomic E-state index is 0.00334. The molecule has 1 amide bonds. The zero-order valence-corrected chi connectivity index (χ0v) is 18.4. The van der Waals surface area contributed by atoms with Crippen molar-refractivity contribution in [1.82, 2.24) is 14.6 Å². The predicted octanol–water partition coefficient (Wildman–Crippen LogP) is 3.13. The molecule has 0 aliphatic rings. The molecule has 0 aliphatic heterocycles. The summed E-state index contributed by atoms with van der Waals surface area (Å²) in [6.45, 7) is 1.65. The molecule has 0 fully saturated rings. The van der Waals surface area contributed by atoms with E-state index >= 15 is 0 Å². The highest BCUT2D eigenvalue weighted by Gasteiger charge is 2.30. The molecular weight excluding hydrogens is 473 g/mol. The van der Waals surface area contributed by atoms with E-state index in [-0.39, 0.29) is 17.0 Å². The number of ether oxygens (including phenoxy) is 2. The van der Waals surface area contributed by atoms with Gasteiger partial charge in [0.25, 0.3) is 11.5 Å². The minimum atomic E-state index is -4.51. The maximum Gasteiger partial charge on any atom is 0.416 e. The Morgan fingerprint density at radius 1 is 1.18 bits per heavy atom. The van der Waals surface area contributed by atoms with Crippen molar-refractivity contribution in [3.05, 3.63) is 74.8 Å². The van der Waals surface area contributed by atoms with E-state index in [9.17, 15) is 22.8 Å². The summed E-state index contributed by atoms with van der Waals surface area (Å²) in [7, 11) is 0. The summed E-state index contributed by atoms with van der Waals surface area (Å²) >= 11 is 1.19. The van der Waals surface area contributed by atoms with Gasteiger partial charge in [0, 0.05) is 5.69 Å². The quantitative estimate of drug-likeness (QED) is 0.428. The molecule has 0 unspecified atom stereocenters. The lowest BCUT2D eigenvalue weighted by atomic mass is 10.2. The Morgan fingerprint density at radius 3 is 2.74 bits per heavy atom. The highest BCUT2D eigenvalue weighted by Crippen LogP contribution is 2.31. The Morgan fingerprint density at radius 2 is 2.00 bits per heavy atom. The standard InChI is InChI=1S/C22H17F3N4O4S/c1-2-32-17-8-13(9-18-20(31)29-21(34-18)26-12-27-29)6-7-16(17)33-11-19(30)28-15-5-3-4-14(10-15)22(23,24)25/h3-10,12H,2,11H2,1H3,(H,28,30)/b18-9-. The van der Waals surface area contributed by atoms with Gasteiger partial charge in [0.2, 0.25) is 4.96 Å². The first-order valence-electron chi connectivity index (χ1n) is 9.95. The van der Waals surface area contributed by atoms with Gasteiger partial charge in [-0.15, -0.1) is 0 Å². The van der Waals surface area contributed by atoms with Gasteiger partial charge in [0.1, 0.15) is 6.33 Å². The molecule has 34 heavy (non-hydrogen) atoms. The summed E-state index contributed by atoms with van der Waals surface area (Å²) in [4.78, 5) is 29.0. The summed E-state index contributed by atoms with van der Waals surface area (Å²) < 4.78 is 51.3. The van der Waals surface area contributed by atoms with E-state index in [1.807, 2.05) is 0 Å². The molecule has 12 heteroatoms. The first-order valence-corrected chi connectivity index (χ1v) is 10.8. The Balaban J connectivity index is 1.48. The van der Waals surface area contributed by atoms with Crippen LogP contribution in [-0.2, 0) is 11.0 Å². The number of benzene rings is 2. The van der Waals surface area contributed by atoms with Gasteiger partial charge in [-0.05, 0) is 48.9 Å². The number of anilines is 1. The molecule has 8 nitrogen and oxygen atoms in total. The van der Waals surface area contributed by atoms with Crippen molar-refractivity contribution in [2.75, 3.05) is 18.5 Å². The Hall–Kier alpha value is -3.93. The minimum Gasteiger partial charge on any atom is -0.490 e. The van der Waals surface area contributed by atoms with Crippen molar-refractivity contribution in [3.63, 3.8) is 0 Å². The van der Waals surface area contributed by atoms with Gasteiger partial charge < -0.3 is 14.8 Å². The number of carbonyl (C=O) groups is 1. The van der Waals surface area contributed by atoms with Crippen LogP contribution in [0.1, 0.15) is 18.1 Å². The Kier molecular flexibility index (Phi) is 6.50. The number of rotatable bonds is 7. The van der Waals surface area contributed by atoms with E-state index in [2.05, 4.69) is 15.4 Å². The third-order valence-electron chi connectivity index (χ3n) is 4.52. The largest absolute Gasteiger partial charge is 0.490 e. The zero-order chi connectivity index (χ0) is 24.3. The average molecular weight is 490 g/mol. The van der Waals surface area contributed by atoms with Crippen LogP contribution in [-0.4, -0.2) is 33.7 Å². The van der Waals surface area contributed by atoms with Crippen LogP contribution in [0.5, 0.6) is 11.5 Å². The number of aromatic nitrogens is 3. The molecule has 0 saturated carbocycles. The second kappa shape index (κ2) is 9.51. The molecule has 0 atom stereocenters. The fourth-order valence-electron chi connectivity index (χ4n) is 3.04. The SMILES string of the molecule is CCOc1cc(/C=c2\sc3ncnn3c2=O)ccc1OCC(=O)Nc1cccc(C(F)(F)F)c1. The van der Waals surface area contributed by atoms with Crippen LogP contribution in [0.4, 0.5) is 18.9 Å². The van der Waals surface area contributed by atoms with E-state index in [0.717, 1.165) is 12.1 Å². The molecule has 0 radical (unpaired) electrons. The Bertz CT molecular complexity index is 1450. The van der Waals surface area contributed by atoms with Gasteiger partial charge in [0.15, 0.2) is 18.1 Å². The molecule has 2 heterocycles. The van der Waals surface area contributed by atoms with Gasteiger partial charge in [-0.2, -0.15) is 22.8 Å². The normalized spacial score (nSPS) is 12.2. The van der Waals surface area contributed by atoms with Crippen molar-refractivity contribution in [2.24, 2.45) is 0 Å². The maximum absolute atomic E-state index is 12.8. The molecule has 0 saturated heterocycles. The second-order valence-corrected chi connectivity index (χ2v) is 7.93. The molecule has 176 valence electrons. The fraction of sp³-hybridized carbons (Fsp3) is 0.182. The van der Waals surface area contributed by atoms with Crippen LogP contribution in [0.2, 0.25) is 0 Å². The number of hydrogen-bond donors (Lipinski definition) is 1. The fourth-order valence-corrected chi connectivity index (χ4v) is 3.93. The molecule has 4 aromatic rings. The van der Waals surface area contributed by atoms with Crippen LogP contribution >= 0.6 is 11.3 Å². The first-order chi connectivity index (χ1) is 16.2. The molecule has 0 aliphatic carbocycles. The number of thiazole rings is 1. The smallest absolute Gasteiger partial charge is 0.416 e. The van der Waals surface area contributed by atoms with Crippen molar-refractivity contribution in [2.45, 2.75) is 13.1 Å². The van der Waals surface area contributed by atoms with Crippen LogP contribution in [0.15, 0.2) is 53.6 Å². The van der Waals surface area contributed by atoms with Crippen LogP contribution in [0.3, 0.4) is 0 Å². The number of hydrogen-bond acceptors (Lipinski definition) is 7. The third-order valence-corrected chi connectivity index (χ3v) is 5.49. The van der Waals surface area contributed by atoms with Crippen LogP contribution < -0.4 is 24.9 Å². The van der Waals surface area contributed by atoms with Crippen molar-refractivity contribution in [3.8, 4) is 11.5 Å². The van der Waals surface area contributed by atoms with E-state index in [1.54, 1.807) is 31.2 Å². The molecule has 0 bridgehead atoms. The second-order valence-electron chi connectivity index (χ2n) is 6.92. The van der Waals surface area contributed by atoms with E-state index in [4.69, 9.17) is 9.47 Å². The van der Waals surface area contributed by atoms with Gasteiger partial charge in [-0.25, -0.2) is 4.98 Å². The van der Waals surface area contributed by atoms with Crippen molar-refractivity contribution >= 4 is 34.0 Å². The zero-order valence-electron chi connectivity index (χ0n) is 17.6. The Labute approximate surface area is 194 Å². The third kappa shape index (κ3) is 5.17. The number of alkyl halides is 3. The van der Waals surface area contributed by atoms with Crippen molar-refractivity contribution in [1.29, 1.82) is 0 Å². The molecular formula is C22H17F3N4O4S. The molecule has 2 aromatic heterocycles. The lowest BCUT2D eigenvalue weighted by Crippen LogP contribution is -2.23. The number of carbonyl (C=O) groups excluding carboxylic acids is 1. The van der Waals surface area contributed by atoms with Gasteiger partial charge in [0.05, 0.1) is 16.7 Å². The predicted molar refractivity (Wildman–Crippen MR) is 119 cm³/mol. The van der Waals surface area contributed by atoms with Gasteiger partial charge >= 0.3 is 6.18 Å². The van der Waals surface area contributed by atoms with E-state index in [0.29, 0.717) is 27.4 Å². The summed E-state index contributed by atoms with van der Waals surface area (Å²) in [6.07, 6.45) is -1.55. The summed E-state index contributed by atoms with van der Waals surface area (Å²) in [5.74, 6) is -0.0268. The highest BCUT2D eigenvalue weighted by molar-refractivity contribution is 7.15. The topological polar surface area (TPSA) is 94.8 Å². The van der Waals surface area contributed by atoms with Crippen LogP contribution in [0, 0.1) is 0 Å². The summed E-state index contributed by atoms with van der Waals surface area (Å²) in [5.41, 5.74) is -0.496. The lowest BCUT2D eigenvalue weighted by Gasteiger charge is -2.13. The number of halogens is 3. The number of amides is 1. The monoisotopic (exact) mass is 490 g/mol. The van der Waals surface area contributed by atoms with Gasteiger partial charge in [-0.1, -0.05) is 23.5 Å². The molecule has 4 rings (SSSR count). The molecule has 1 N–H and O–H groups in total. The van der Waals surface area contributed by atoms with Crippen molar-refractivity contribution < 1.29 is 27.4 Å². The lowest BCUT2D eigenvalue weighted by molar-refractivity contribution is -0.137. The number of nitrogens with one attached hydrogen (secondary N) is 1. The first kappa shape index (κ1) is 23.2. The summed E-state index contributed by atoms with van der Waals surface area (Å²) in [6, 6.07) is 9.23. The van der Waals surface area contributed by atoms with E-state index in [1.165, 1.54) is 34.3 Å². The highest BCUT2D eigenvalue weighted by atomic mass is 32.1. The molecule has 2 aromatic carbocycles. The van der Waals surface area contributed by atoms with E-state index < -0.39 is 24.3 Å². The summed E-state index contributed by atoms with van der Waals surface area (Å²) in [5, 5.41) is 6.25. The number of nitrogens with zero attached hydrogens (tertiary/aromatic N) is 3. The van der Waals surface area contributed by atoms with Crippen LogP contribution in [0.25, 0.3) is 11.0 Å².